The quantitative estimate of drug-likeness (QED) is 0.748. The summed E-state index contributed by atoms with van der Waals surface area (Å²) in [6, 6.07) is 4.28. The molecule has 0 bridgehead atoms. The third-order valence-corrected chi connectivity index (χ3v) is 1.85. The fraction of sp³-hybridized carbons (Fsp3) is 0.111. The van der Waals surface area contributed by atoms with E-state index in [1.165, 1.54) is 18.3 Å². The molecule has 1 atom stereocenters. The van der Waals surface area contributed by atoms with Crippen LogP contribution in [0, 0.1) is 5.82 Å². The van der Waals surface area contributed by atoms with E-state index in [1.807, 2.05) is 0 Å². The average Bonchev–Trinajstić information content (AvgIpc) is 2.70. The summed E-state index contributed by atoms with van der Waals surface area (Å²) in [5.74, 6) is -0.539. The fourth-order valence-corrected chi connectivity index (χ4v) is 1.16. The molecular formula is C9H8FN3O. The zero-order valence-electron chi connectivity index (χ0n) is 7.18. The third kappa shape index (κ3) is 1.49. The second kappa shape index (κ2) is 3.55. The summed E-state index contributed by atoms with van der Waals surface area (Å²) >= 11 is 0. The molecule has 2 rings (SSSR count). The van der Waals surface area contributed by atoms with Crippen molar-refractivity contribution in [2.75, 3.05) is 0 Å². The maximum Gasteiger partial charge on any atom is 0.147 e. The molecule has 0 aromatic carbocycles. The molecule has 2 N–H and O–H groups in total. The smallest absolute Gasteiger partial charge is 0.147 e. The molecule has 0 aliphatic heterocycles. The lowest BCUT2D eigenvalue weighted by atomic mass is 10.1. The average molecular weight is 193 g/mol. The SMILES string of the molecule is OC(c1cc[nH]n1)c1ncccc1F. The van der Waals surface area contributed by atoms with Gasteiger partial charge in [-0.25, -0.2) is 4.39 Å². The van der Waals surface area contributed by atoms with Gasteiger partial charge in [0.25, 0.3) is 0 Å². The predicted molar refractivity (Wildman–Crippen MR) is 46.8 cm³/mol. The van der Waals surface area contributed by atoms with E-state index >= 15 is 0 Å². The Bertz CT molecular complexity index is 416. The number of aromatic amines is 1. The number of pyridine rings is 1. The van der Waals surface area contributed by atoms with Crippen LogP contribution in [-0.2, 0) is 0 Å². The van der Waals surface area contributed by atoms with E-state index in [-0.39, 0.29) is 5.69 Å². The number of aliphatic hydroxyl groups is 1. The van der Waals surface area contributed by atoms with E-state index in [9.17, 15) is 9.50 Å². The highest BCUT2D eigenvalue weighted by atomic mass is 19.1. The van der Waals surface area contributed by atoms with Crippen LogP contribution in [0.25, 0.3) is 0 Å². The van der Waals surface area contributed by atoms with E-state index < -0.39 is 11.9 Å². The lowest BCUT2D eigenvalue weighted by Crippen LogP contribution is -2.05. The summed E-state index contributed by atoms with van der Waals surface area (Å²) in [5, 5.41) is 16.0. The van der Waals surface area contributed by atoms with E-state index in [0.717, 1.165) is 0 Å². The van der Waals surface area contributed by atoms with Crippen molar-refractivity contribution in [2.24, 2.45) is 0 Å². The summed E-state index contributed by atoms with van der Waals surface area (Å²) in [4.78, 5) is 3.76. The minimum atomic E-state index is -1.12. The topological polar surface area (TPSA) is 61.8 Å². The summed E-state index contributed by atoms with van der Waals surface area (Å²) in [5.41, 5.74) is 0.335. The second-order valence-electron chi connectivity index (χ2n) is 2.77. The number of hydrogen-bond acceptors (Lipinski definition) is 3. The Morgan fingerprint density at radius 3 is 2.93 bits per heavy atom. The van der Waals surface area contributed by atoms with Crippen LogP contribution in [0.15, 0.2) is 30.6 Å². The van der Waals surface area contributed by atoms with Crippen molar-refractivity contribution in [3.63, 3.8) is 0 Å². The Labute approximate surface area is 79.4 Å². The summed E-state index contributed by atoms with van der Waals surface area (Å²) in [6.07, 6.45) is 1.86. The zero-order valence-corrected chi connectivity index (χ0v) is 7.18. The normalized spacial score (nSPS) is 12.7. The number of aromatic nitrogens is 3. The van der Waals surface area contributed by atoms with Gasteiger partial charge in [0.2, 0.25) is 0 Å². The predicted octanol–water partition coefficient (Wildman–Crippen LogP) is 1.03. The number of hydrogen-bond donors (Lipinski definition) is 2. The Morgan fingerprint density at radius 1 is 1.43 bits per heavy atom. The molecule has 0 radical (unpaired) electrons. The van der Waals surface area contributed by atoms with Gasteiger partial charge in [0.15, 0.2) is 0 Å². The molecule has 5 heteroatoms. The van der Waals surface area contributed by atoms with Gasteiger partial charge in [-0.3, -0.25) is 10.1 Å². The molecule has 2 aromatic heterocycles. The first-order valence-electron chi connectivity index (χ1n) is 4.07. The van der Waals surface area contributed by atoms with Crippen LogP contribution in [0.4, 0.5) is 4.39 Å². The molecule has 0 amide bonds. The van der Waals surface area contributed by atoms with Gasteiger partial charge in [-0.2, -0.15) is 5.10 Å². The van der Waals surface area contributed by atoms with Crippen LogP contribution in [0.1, 0.15) is 17.5 Å². The summed E-state index contributed by atoms with van der Waals surface area (Å²) < 4.78 is 13.2. The molecule has 2 heterocycles. The molecule has 0 aliphatic carbocycles. The molecule has 14 heavy (non-hydrogen) atoms. The molecule has 0 aliphatic rings. The molecule has 0 saturated heterocycles. The maximum absolute atomic E-state index is 13.2. The molecule has 2 aromatic rings. The van der Waals surface area contributed by atoms with E-state index in [1.54, 1.807) is 12.3 Å². The first-order valence-corrected chi connectivity index (χ1v) is 4.07. The highest BCUT2D eigenvalue weighted by Gasteiger charge is 2.17. The Kier molecular flexibility index (Phi) is 2.24. The van der Waals surface area contributed by atoms with Crippen LogP contribution in [0.5, 0.6) is 0 Å². The first-order chi connectivity index (χ1) is 6.79. The largest absolute Gasteiger partial charge is 0.380 e. The maximum atomic E-state index is 13.2. The van der Waals surface area contributed by atoms with Crippen LogP contribution in [-0.4, -0.2) is 20.3 Å². The molecule has 72 valence electrons. The molecule has 0 spiro atoms. The Morgan fingerprint density at radius 2 is 2.29 bits per heavy atom. The fourth-order valence-electron chi connectivity index (χ4n) is 1.16. The van der Waals surface area contributed by atoms with Gasteiger partial charge >= 0.3 is 0 Å². The van der Waals surface area contributed by atoms with Crippen molar-refractivity contribution in [3.05, 3.63) is 47.8 Å². The zero-order chi connectivity index (χ0) is 9.97. The van der Waals surface area contributed by atoms with Crippen molar-refractivity contribution in [1.29, 1.82) is 0 Å². The van der Waals surface area contributed by atoms with E-state index in [2.05, 4.69) is 15.2 Å². The number of nitrogens with one attached hydrogen (secondary N) is 1. The molecular weight excluding hydrogens is 185 g/mol. The lowest BCUT2D eigenvalue weighted by Gasteiger charge is -2.06. The van der Waals surface area contributed by atoms with Crippen molar-refractivity contribution in [2.45, 2.75) is 6.10 Å². The lowest BCUT2D eigenvalue weighted by molar-refractivity contribution is 0.204. The third-order valence-electron chi connectivity index (χ3n) is 1.85. The van der Waals surface area contributed by atoms with Gasteiger partial charge in [0.1, 0.15) is 17.6 Å². The van der Waals surface area contributed by atoms with Gasteiger partial charge in [0.05, 0.1) is 5.69 Å². The minimum Gasteiger partial charge on any atom is -0.380 e. The standard InChI is InChI=1S/C9H8FN3O/c10-6-2-1-4-11-8(6)9(14)7-3-5-12-13-7/h1-5,9,14H,(H,12,13). The van der Waals surface area contributed by atoms with E-state index in [4.69, 9.17) is 0 Å². The molecule has 1 unspecified atom stereocenters. The second-order valence-corrected chi connectivity index (χ2v) is 2.77. The summed E-state index contributed by atoms with van der Waals surface area (Å²) in [6.45, 7) is 0. The van der Waals surface area contributed by atoms with Crippen LogP contribution < -0.4 is 0 Å². The monoisotopic (exact) mass is 193 g/mol. The molecule has 0 fully saturated rings. The summed E-state index contributed by atoms with van der Waals surface area (Å²) in [7, 11) is 0. The van der Waals surface area contributed by atoms with Crippen molar-refractivity contribution < 1.29 is 9.50 Å². The van der Waals surface area contributed by atoms with Gasteiger partial charge < -0.3 is 5.11 Å². The van der Waals surface area contributed by atoms with Crippen molar-refractivity contribution in [3.8, 4) is 0 Å². The van der Waals surface area contributed by atoms with Crippen molar-refractivity contribution >= 4 is 0 Å². The van der Waals surface area contributed by atoms with E-state index in [0.29, 0.717) is 5.69 Å². The number of halogens is 1. The van der Waals surface area contributed by atoms with Crippen LogP contribution in [0.3, 0.4) is 0 Å². The number of rotatable bonds is 2. The highest BCUT2D eigenvalue weighted by molar-refractivity contribution is 5.19. The van der Waals surface area contributed by atoms with Gasteiger partial charge in [-0.15, -0.1) is 0 Å². The van der Waals surface area contributed by atoms with Gasteiger partial charge in [0, 0.05) is 12.4 Å². The number of H-pyrrole nitrogens is 1. The van der Waals surface area contributed by atoms with Gasteiger partial charge in [-0.1, -0.05) is 0 Å². The van der Waals surface area contributed by atoms with Crippen LogP contribution >= 0.6 is 0 Å². The van der Waals surface area contributed by atoms with Crippen molar-refractivity contribution in [1.82, 2.24) is 15.2 Å². The molecule has 0 saturated carbocycles. The minimum absolute atomic E-state index is 0.0143. The number of aliphatic hydroxyl groups excluding tert-OH is 1. The van der Waals surface area contributed by atoms with Gasteiger partial charge in [-0.05, 0) is 18.2 Å². The van der Waals surface area contributed by atoms with Crippen LogP contribution in [0.2, 0.25) is 0 Å². The Balaban J connectivity index is 2.37. The first kappa shape index (κ1) is 8.83. The Hall–Kier alpha value is -1.75. The number of nitrogens with zero attached hydrogens (tertiary/aromatic N) is 2. The molecule has 4 nitrogen and oxygen atoms in total. The highest BCUT2D eigenvalue weighted by Crippen LogP contribution is 2.19.